The van der Waals surface area contributed by atoms with Gasteiger partial charge >= 0.3 is 0 Å². The van der Waals surface area contributed by atoms with Crippen LogP contribution in [-0.2, 0) is 0 Å². The first kappa shape index (κ1) is 17.5. The number of hydrogen-bond acceptors (Lipinski definition) is 6. The van der Waals surface area contributed by atoms with Crippen LogP contribution >= 0.6 is 11.3 Å². The van der Waals surface area contributed by atoms with Gasteiger partial charge in [0.2, 0.25) is 0 Å². The van der Waals surface area contributed by atoms with Crippen molar-refractivity contribution in [1.29, 1.82) is 0 Å². The van der Waals surface area contributed by atoms with Gasteiger partial charge in [0.25, 0.3) is 5.91 Å². The molecule has 0 bridgehead atoms. The van der Waals surface area contributed by atoms with E-state index in [1.165, 1.54) is 24.2 Å². The Hall–Kier alpha value is -2.93. The second-order valence-electron chi connectivity index (χ2n) is 6.29. The van der Waals surface area contributed by atoms with Gasteiger partial charge in [0.05, 0.1) is 12.8 Å². The Kier molecular flexibility index (Phi) is 5.02. The predicted octanol–water partition coefficient (Wildman–Crippen LogP) is 4.07. The number of aromatic nitrogens is 2. The number of thiazole rings is 1. The average Bonchev–Trinajstić information content (AvgIpc) is 3.41. The monoisotopic (exact) mass is 380 g/mol. The van der Waals surface area contributed by atoms with Gasteiger partial charge in [-0.15, -0.1) is 11.3 Å². The van der Waals surface area contributed by atoms with E-state index in [0.717, 1.165) is 29.5 Å². The maximum Gasteiger partial charge on any atom is 0.275 e. The SMILES string of the molecule is COc1ccccc1NC(=O)c1csc(-c2ccc(N3CCCC3)nc2)n1. The van der Waals surface area contributed by atoms with Crippen LogP contribution in [0.5, 0.6) is 5.75 Å². The van der Waals surface area contributed by atoms with Crippen LogP contribution in [0.25, 0.3) is 10.6 Å². The molecule has 0 spiro atoms. The number of nitrogens with zero attached hydrogens (tertiary/aromatic N) is 3. The number of pyridine rings is 1. The summed E-state index contributed by atoms with van der Waals surface area (Å²) in [5.41, 5.74) is 1.92. The van der Waals surface area contributed by atoms with Gasteiger partial charge in [-0.25, -0.2) is 9.97 Å². The van der Waals surface area contributed by atoms with Crippen LogP contribution in [0.3, 0.4) is 0 Å². The van der Waals surface area contributed by atoms with E-state index < -0.39 is 0 Å². The summed E-state index contributed by atoms with van der Waals surface area (Å²) in [5.74, 6) is 1.36. The van der Waals surface area contributed by atoms with Gasteiger partial charge < -0.3 is 15.0 Å². The minimum atomic E-state index is -0.261. The van der Waals surface area contributed by atoms with E-state index in [4.69, 9.17) is 4.74 Å². The number of hydrogen-bond donors (Lipinski definition) is 1. The molecule has 0 radical (unpaired) electrons. The van der Waals surface area contributed by atoms with Crippen molar-refractivity contribution in [2.75, 3.05) is 30.4 Å². The summed E-state index contributed by atoms with van der Waals surface area (Å²) in [6, 6.07) is 11.3. The maximum atomic E-state index is 12.5. The lowest BCUT2D eigenvalue weighted by molar-refractivity contribution is 0.102. The highest BCUT2D eigenvalue weighted by molar-refractivity contribution is 7.13. The Bertz CT molecular complexity index is 933. The molecule has 0 saturated carbocycles. The molecule has 1 N–H and O–H groups in total. The Labute approximate surface area is 161 Å². The summed E-state index contributed by atoms with van der Waals surface area (Å²) in [5, 5.41) is 5.38. The molecule has 1 saturated heterocycles. The fourth-order valence-corrected chi connectivity index (χ4v) is 3.88. The number of para-hydroxylation sites is 2. The number of methoxy groups -OCH3 is 1. The molecule has 3 aromatic rings. The van der Waals surface area contributed by atoms with Gasteiger partial charge in [0.1, 0.15) is 22.3 Å². The van der Waals surface area contributed by atoms with Crippen molar-refractivity contribution in [2.24, 2.45) is 0 Å². The molecule has 4 rings (SSSR count). The molecule has 7 heteroatoms. The average molecular weight is 380 g/mol. The summed E-state index contributed by atoms with van der Waals surface area (Å²) in [6.07, 6.45) is 4.27. The molecule has 0 atom stereocenters. The van der Waals surface area contributed by atoms with Crippen LogP contribution in [0.1, 0.15) is 23.3 Å². The Morgan fingerprint density at radius 2 is 2.00 bits per heavy atom. The zero-order chi connectivity index (χ0) is 18.6. The number of benzene rings is 1. The summed E-state index contributed by atoms with van der Waals surface area (Å²) in [7, 11) is 1.57. The van der Waals surface area contributed by atoms with Gasteiger partial charge in [-0.1, -0.05) is 12.1 Å². The van der Waals surface area contributed by atoms with Crippen LogP contribution in [-0.4, -0.2) is 36.1 Å². The van der Waals surface area contributed by atoms with Crippen LogP contribution in [0, 0.1) is 0 Å². The molecule has 27 heavy (non-hydrogen) atoms. The highest BCUT2D eigenvalue weighted by atomic mass is 32.1. The molecule has 3 heterocycles. The van der Waals surface area contributed by atoms with Crippen molar-refractivity contribution in [3.8, 4) is 16.3 Å². The number of amides is 1. The van der Waals surface area contributed by atoms with E-state index in [-0.39, 0.29) is 5.91 Å². The normalized spacial score (nSPS) is 13.6. The molecule has 1 aliphatic rings. The molecule has 1 amide bonds. The molecule has 1 aliphatic heterocycles. The lowest BCUT2D eigenvalue weighted by atomic mass is 10.2. The number of anilines is 2. The zero-order valence-electron chi connectivity index (χ0n) is 15.0. The molecular formula is C20H20N4O2S. The quantitative estimate of drug-likeness (QED) is 0.723. The second-order valence-corrected chi connectivity index (χ2v) is 7.15. The van der Waals surface area contributed by atoms with Gasteiger partial charge in [0.15, 0.2) is 0 Å². The molecule has 138 valence electrons. The van der Waals surface area contributed by atoms with Crippen molar-refractivity contribution in [2.45, 2.75) is 12.8 Å². The van der Waals surface area contributed by atoms with E-state index in [9.17, 15) is 4.79 Å². The third-order valence-corrected chi connectivity index (χ3v) is 5.41. The molecule has 1 fully saturated rings. The molecule has 2 aromatic heterocycles. The Morgan fingerprint density at radius 1 is 1.19 bits per heavy atom. The lowest BCUT2D eigenvalue weighted by Gasteiger charge is -2.15. The number of carbonyl (C=O) groups excluding carboxylic acids is 1. The minimum Gasteiger partial charge on any atom is -0.495 e. The van der Waals surface area contributed by atoms with Gasteiger partial charge in [0, 0.05) is 30.2 Å². The fourth-order valence-electron chi connectivity index (χ4n) is 3.09. The third-order valence-electron chi connectivity index (χ3n) is 4.52. The van der Waals surface area contributed by atoms with Gasteiger partial charge in [-0.3, -0.25) is 4.79 Å². The van der Waals surface area contributed by atoms with Crippen LogP contribution < -0.4 is 15.0 Å². The van der Waals surface area contributed by atoms with Crippen molar-refractivity contribution in [3.63, 3.8) is 0 Å². The van der Waals surface area contributed by atoms with E-state index in [1.54, 1.807) is 24.6 Å². The van der Waals surface area contributed by atoms with Crippen molar-refractivity contribution >= 4 is 28.7 Å². The Balaban J connectivity index is 1.48. The number of ether oxygens (including phenoxy) is 1. The first-order valence-electron chi connectivity index (χ1n) is 8.86. The first-order valence-corrected chi connectivity index (χ1v) is 9.74. The highest BCUT2D eigenvalue weighted by Crippen LogP contribution is 2.27. The number of rotatable bonds is 5. The van der Waals surface area contributed by atoms with Crippen molar-refractivity contribution < 1.29 is 9.53 Å². The summed E-state index contributed by atoms with van der Waals surface area (Å²) < 4.78 is 5.27. The number of carbonyl (C=O) groups is 1. The van der Waals surface area contributed by atoms with Gasteiger partial charge in [-0.2, -0.15) is 0 Å². The first-order chi connectivity index (χ1) is 13.2. The van der Waals surface area contributed by atoms with E-state index in [1.807, 2.05) is 30.5 Å². The van der Waals surface area contributed by atoms with E-state index in [0.29, 0.717) is 17.1 Å². The van der Waals surface area contributed by atoms with Crippen LogP contribution in [0.2, 0.25) is 0 Å². The van der Waals surface area contributed by atoms with Crippen molar-refractivity contribution in [1.82, 2.24) is 9.97 Å². The summed E-state index contributed by atoms with van der Waals surface area (Å²) >= 11 is 1.43. The fraction of sp³-hybridized carbons (Fsp3) is 0.250. The molecule has 1 aromatic carbocycles. The minimum absolute atomic E-state index is 0.261. The predicted molar refractivity (Wildman–Crippen MR) is 108 cm³/mol. The molecule has 0 unspecified atom stereocenters. The van der Waals surface area contributed by atoms with E-state index >= 15 is 0 Å². The topological polar surface area (TPSA) is 67.3 Å². The standard InChI is InChI=1S/C20H20N4O2S/c1-26-17-7-3-2-6-15(17)22-19(25)16-13-27-20(23-16)14-8-9-18(21-12-14)24-10-4-5-11-24/h2-3,6-9,12-13H,4-5,10-11H2,1H3,(H,22,25). The maximum absolute atomic E-state index is 12.5. The smallest absolute Gasteiger partial charge is 0.275 e. The van der Waals surface area contributed by atoms with Crippen molar-refractivity contribution in [3.05, 3.63) is 53.7 Å². The summed E-state index contributed by atoms with van der Waals surface area (Å²) in [6.45, 7) is 2.13. The largest absolute Gasteiger partial charge is 0.495 e. The third kappa shape index (κ3) is 3.78. The zero-order valence-corrected chi connectivity index (χ0v) is 15.8. The van der Waals surface area contributed by atoms with Crippen LogP contribution in [0.15, 0.2) is 48.0 Å². The number of nitrogens with one attached hydrogen (secondary N) is 1. The van der Waals surface area contributed by atoms with Gasteiger partial charge in [-0.05, 0) is 37.1 Å². The molecule has 6 nitrogen and oxygen atoms in total. The van der Waals surface area contributed by atoms with Crippen LogP contribution in [0.4, 0.5) is 11.5 Å². The highest BCUT2D eigenvalue weighted by Gasteiger charge is 2.16. The molecular weight excluding hydrogens is 360 g/mol. The Morgan fingerprint density at radius 3 is 2.74 bits per heavy atom. The summed E-state index contributed by atoms with van der Waals surface area (Å²) in [4.78, 5) is 23.8. The second kappa shape index (κ2) is 7.75. The van der Waals surface area contributed by atoms with E-state index in [2.05, 4.69) is 20.2 Å². The lowest BCUT2D eigenvalue weighted by Crippen LogP contribution is -2.18. The molecule has 0 aliphatic carbocycles.